The summed E-state index contributed by atoms with van der Waals surface area (Å²) in [6.45, 7) is 9.98. The quantitative estimate of drug-likeness (QED) is 0.341. The van der Waals surface area contributed by atoms with Crippen molar-refractivity contribution in [3.8, 4) is 0 Å². The van der Waals surface area contributed by atoms with Crippen molar-refractivity contribution in [3.05, 3.63) is 47.2 Å². The molecular weight excluding hydrogens is 303 g/mol. The highest BCUT2D eigenvalue weighted by Gasteiger charge is 2.47. The fourth-order valence-electron chi connectivity index (χ4n) is 3.54. The lowest BCUT2D eigenvalue weighted by Crippen LogP contribution is -2.20. The predicted molar refractivity (Wildman–Crippen MR) is 103 cm³/mol. The molecule has 0 bridgehead atoms. The first kappa shape index (κ1) is 19.9. The Morgan fingerprint density at radius 2 is 1.65 bits per heavy atom. The Labute approximate surface area is 142 Å². The summed E-state index contributed by atoms with van der Waals surface area (Å²) in [5, 5.41) is 10.3. The second kappa shape index (κ2) is 9.23. The van der Waals surface area contributed by atoms with Crippen molar-refractivity contribution in [2.24, 2.45) is 0 Å². The Balaban J connectivity index is 3.55. The molecule has 1 aromatic rings. The maximum absolute atomic E-state index is 12.4. The van der Waals surface area contributed by atoms with Crippen LogP contribution in [0.25, 0.3) is 0 Å². The fourth-order valence-corrected chi connectivity index (χ4v) is 8.28. The third-order valence-corrected chi connectivity index (χ3v) is 10.3. The van der Waals surface area contributed by atoms with Gasteiger partial charge in [0.25, 0.3) is 0 Å². The van der Waals surface area contributed by atoms with Crippen molar-refractivity contribution in [2.45, 2.75) is 53.1 Å². The lowest BCUT2D eigenvalue weighted by atomic mass is 10.0. The van der Waals surface area contributed by atoms with Gasteiger partial charge in [0, 0.05) is 7.26 Å². The maximum Gasteiger partial charge on any atom is 0.163 e. The minimum atomic E-state index is -1.41. The van der Waals surface area contributed by atoms with Crippen molar-refractivity contribution >= 4 is 13.0 Å². The van der Waals surface area contributed by atoms with Gasteiger partial charge in [-0.15, -0.1) is 0 Å². The van der Waals surface area contributed by atoms with Gasteiger partial charge in [-0.2, -0.15) is 0 Å². The van der Waals surface area contributed by atoms with Crippen LogP contribution in [0, 0.1) is 0 Å². The topological polar surface area (TPSA) is 37.3 Å². The number of allylic oxidation sites excluding steroid dienone is 2. The fraction of sp³-hybridized carbons (Fsp3) is 0.550. The monoisotopic (exact) mass is 335 g/mol. The number of rotatable bonds is 9. The van der Waals surface area contributed by atoms with Gasteiger partial charge in [0.05, 0.1) is 24.1 Å². The first-order valence-corrected chi connectivity index (χ1v) is 11.2. The number of Topliss-reactive ketones (excluding diaryl/α,β-unsaturated/α-hetero) is 1. The van der Waals surface area contributed by atoms with Crippen molar-refractivity contribution in [1.82, 2.24) is 0 Å². The number of carbonyl (C=O) groups is 1. The van der Waals surface area contributed by atoms with E-state index in [-0.39, 0.29) is 17.2 Å². The molecule has 1 atom stereocenters. The van der Waals surface area contributed by atoms with Gasteiger partial charge in [-0.1, -0.05) is 43.7 Å². The van der Waals surface area contributed by atoms with Gasteiger partial charge in [0.2, 0.25) is 0 Å². The summed E-state index contributed by atoms with van der Waals surface area (Å²) in [4.78, 5) is 12.4. The Bertz CT molecular complexity index is 526. The minimum absolute atomic E-state index is 0.00151. The molecule has 128 valence electrons. The van der Waals surface area contributed by atoms with Crippen LogP contribution in [-0.2, 0) is 4.79 Å². The zero-order valence-electron chi connectivity index (χ0n) is 15.3. The van der Waals surface area contributed by atoms with E-state index in [1.54, 1.807) is 13.8 Å². The minimum Gasteiger partial charge on any atom is -0.512 e. The number of hydrogen-bond donors (Lipinski definition) is 1. The molecule has 1 N–H and O–H groups in total. The highest BCUT2D eigenvalue weighted by molar-refractivity contribution is 7.76. The Morgan fingerprint density at radius 1 is 1.09 bits per heavy atom. The van der Waals surface area contributed by atoms with Crippen LogP contribution in [0.1, 0.15) is 58.7 Å². The lowest BCUT2D eigenvalue weighted by Gasteiger charge is -2.35. The number of benzene rings is 1. The standard InChI is InChI=1S/C20H31O2P/c1-6-9-15-23(7-2,8-3)20(18-13-11-10-12-14-18)19(16(4)21)17(5)22/h10-14,20H,6-9,15H2,1-5H3/p+1. The van der Waals surface area contributed by atoms with Crippen LogP contribution >= 0.6 is 7.26 Å². The summed E-state index contributed by atoms with van der Waals surface area (Å²) < 4.78 is 0. The molecule has 0 radical (unpaired) electrons. The van der Waals surface area contributed by atoms with Crippen LogP contribution in [0.5, 0.6) is 0 Å². The first-order chi connectivity index (χ1) is 10.9. The molecule has 1 unspecified atom stereocenters. The number of aliphatic hydroxyl groups excluding tert-OH is 1. The second-order valence-corrected chi connectivity index (χ2v) is 11.0. The molecule has 1 rings (SSSR count). The van der Waals surface area contributed by atoms with E-state index >= 15 is 0 Å². The van der Waals surface area contributed by atoms with Crippen LogP contribution in [0.15, 0.2) is 41.7 Å². The van der Waals surface area contributed by atoms with E-state index in [4.69, 9.17) is 0 Å². The first-order valence-electron chi connectivity index (χ1n) is 8.74. The van der Waals surface area contributed by atoms with Gasteiger partial charge < -0.3 is 5.11 Å². The van der Waals surface area contributed by atoms with E-state index in [0.717, 1.165) is 12.3 Å². The molecule has 0 amide bonds. The van der Waals surface area contributed by atoms with Crippen molar-refractivity contribution in [1.29, 1.82) is 0 Å². The Morgan fingerprint density at radius 3 is 2.04 bits per heavy atom. The third-order valence-electron chi connectivity index (χ3n) is 4.92. The normalized spacial score (nSPS) is 14.3. The number of hydrogen-bond acceptors (Lipinski definition) is 2. The molecule has 2 nitrogen and oxygen atoms in total. The highest BCUT2D eigenvalue weighted by atomic mass is 31.2. The van der Waals surface area contributed by atoms with E-state index in [9.17, 15) is 9.90 Å². The molecule has 3 heteroatoms. The molecule has 0 aliphatic heterocycles. The van der Waals surface area contributed by atoms with Gasteiger partial charge in [-0.05, 0) is 39.7 Å². The molecule has 0 saturated carbocycles. The molecular formula is C20H32O2P+. The van der Waals surface area contributed by atoms with Gasteiger partial charge >= 0.3 is 0 Å². The number of aliphatic hydroxyl groups is 1. The smallest absolute Gasteiger partial charge is 0.163 e. The van der Waals surface area contributed by atoms with Crippen LogP contribution in [0.3, 0.4) is 0 Å². The SMILES string of the molecule is CCCC[P+](CC)(CC)C(/C(C(C)=O)=C(/C)O)c1ccccc1. The molecule has 0 fully saturated rings. The predicted octanol–water partition coefficient (Wildman–Crippen LogP) is 6.01. The van der Waals surface area contributed by atoms with Gasteiger partial charge in [-0.3, -0.25) is 4.79 Å². The summed E-state index contributed by atoms with van der Waals surface area (Å²) in [5.74, 6) is 0.191. The largest absolute Gasteiger partial charge is 0.512 e. The summed E-state index contributed by atoms with van der Waals surface area (Å²) in [6, 6.07) is 10.3. The van der Waals surface area contributed by atoms with Gasteiger partial charge in [0.1, 0.15) is 11.4 Å². The average Bonchev–Trinajstić information content (AvgIpc) is 2.55. The number of unbranched alkanes of at least 4 members (excludes halogenated alkanes) is 1. The van der Waals surface area contributed by atoms with Gasteiger partial charge in [0.15, 0.2) is 5.78 Å². The van der Waals surface area contributed by atoms with E-state index in [1.807, 2.05) is 18.2 Å². The van der Waals surface area contributed by atoms with Crippen molar-refractivity contribution in [2.75, 3.05) is 18.5 Å². The summed E-state index contributed by atoms with van der Waals surface area (Å²) in [7, 11) is -1.41. The highest BCUT2D eigenvalue weighted by Crippen LogP contribution is 2.72. The lowest BCUT2D eigenvalue weighted by molar-refractivity contribution is -0.113. The molecule has 0 heterocycles. The van der Waals surface area contributed by atoms with Crippen molar-refractivity contribution in [3.63, 3.8) is 0 Å². The third kappa shape index (κ3) is 4.67. The molecule has 0 aliphatic carbocycles. The second-order valence-electron chi connectivity index (χ2n) is 6.30. The van der Waals surface area contributed by atoms with E-state index in [2.05, 4.69) is 32.9 Å². The number of ketones is 1. The zero-order chi connectivity index (χ0) is 17.5. The van der Waals surface area contributed by atoms with Crippen LogP contribution in [0.2, 0.25) is 0 Å². The van der Waals surface area contributed by atoms with E-state index < -0.39 is 7.26 Å². The molecule has 23 heavy (non-hydrogen) atoms. The van der Waals surface area contributed by atoms with Crippen LogP contribution in [0.4, 0.5) is 0 Å². The average molecular weight is 335 g/mol. The summed E-state index contributed by atoms with van der Waals surface area (Å²) in [5.41, 5.74) is 1.87. The van der Waals surface area contributed by atoms with E-state index in [1.165, 1.54) is 24.6 Å². The van der Waals surface area contributed by atoms with Crippen LogP contribution in [-0.4, -0.2) is 29.4 Å². The molecule has 0 saturated heterocycles. The van der Waals surface area contributed by atoms with Crippen molar-refractivity contribution < 1.29 is 9.90 Å². The Hall–Kier alpha value is -1.14. The zero-order valence-corrected chi connectivity index (χ0v) is 16.2. The maximum atomic E-state index is 12.4. The molecule has 0 spiro atoms. The molecule has 0 aromatic heterocycles. The summed E-state index contributed by atoms with van der Waals surface area (Å²) in [6.07, 6.45) is 5.75. The Kier molecular flexibility index (Phi) is 7.99. The number of carbonyl (C=O) groups excluding carboxylic acids is 1. The van der Waals surface area contributed by atoms with E-state index in [0.29, 0.717) is 5.57 Å². The van der Waals surface area contributed by atoms with Crippen LogP contribution < -0.4 is 0 Å². The molecule has 0 aliphatic rings. The molecule has 1 aromatic carbocycles. The van der Waals surface area contributed by atoms with Gasteiger partial charge in [-0.25, -0.2) is 0 Å². The summed E-state index contributed by atoms with van der Waals surface area (Å²) >= 11 is 0.